The van der Waals surface area contributed by atoms with Gasteiger partial charge in [-0.15, -0.1) is 0 Å². The van der Waals surface area contributed by atoms with Gasteiger partial charge in [0.25, 0.3) is 0 Å². The fourth-order valence-corrected chi connectivity index (χ4v) is 21.6. The summed E-state index contributed by atoms with van der Waals surface area (Å²) < 4.78 is 0. The molecule has 3 nitrogen and oxygen atoms in total. The molecule has 0 aromatic carbocycles. The van der Waals surface area contributed by atoms with Crippen LogP contribution >= 0.6 is 0 Å². The number of aliphatic hydroxyl groups is 3. The largest absolute Gasteiger partial charge is 0.393 e. The van der Waals surface area contributed by atoms with Gasteiger partial charge in [0.2, 0.25) is 0 Å². The van der Waals surface area contributed by atoms with Crippen LogP contribution in [-0.2, 0) is 0 Å². The third-order valence-corrected chi connectivity index (χ3v) is 26.6. The number of aliphatic hydroxyl groups excluding tert-OH is 3. The Bertz CT molecular complexity index is 1840. The van der Waals surface area contributed by atoms with Crippen molar-refractivity contribution in [2.24, 2.45) is 113 Å². The van der Waals surface area contributed by atoms with Gasteiger partial charge in [0, 0.05) is 0 Å². The van der Waals surface area contributed by atoms with Crippen molar-refractivity contribution < 1.29 is 15.3 Å². The van der Waals surface area contributed by atoms with Crippen molar-refractivity contribution in [2.45, 2.75) is 266 Å². The van der Waals surface area contributed by atoms with E-state index in [9.17, 15) is 15.3 Å². The molecule has 8 rings (SSSR count). The van der Waals surface area contributed by atoms with Crippen molar-refractivity contribution >= 4 is 0 Å². The molecule has 8 fully saturated rings. The Kier molecular flexibility index (Phi) is 14.4. The maximum Gasteiger partial charge on any atom is 0.0579 e. The normalized spacial score (nSPS) is 49.6. The zero-order chi connectivity index (χ0) is 50.1. The molecule has 0 aromatic rings. The van der Waals surface area contributed by atoms with Crippen molar-refractivity contribution in [2.75, 3.05) is 0 Å². The highest BCUT2D eigenvalue weighted by Gasteiger charge is 2.73. The van der Waals surface area contributed by atoms with Crippen LogP contribution in [0, 0.1) is 113 Å². The smallest absolute Gasteiger partial charge is 0.0579 e. The van der Waals surface area contributed by atoms with E-state index in [2.05, 4.69) is 151 Å². The fourth-order valence-electron chi connectivity index (χ4n) is 21.6. The molecule has 8 unspecified atom stereocenters. The van der Waals surface area contributed by atoms with Crippen molar-refractivity contribution in [3.63, 3.8) is 0 Å². The molecule has 0 spiro atoms. The Morgan fingerprint density at radius 2 is 0.866 bits per heavy atom. The van der Waals surface area contributed by atoms with Crippen LogP contribution in [0.1, 0.15) is 248 Å². The molecule has 8 aliphatic carbocycles. The topological polar surface area (TPSA) is 60.7 Å². The molecule has 8 saturated carbocycles. The van der Waals surface area contributed by atoms with E-state index in [1.54, 1.807) is 0 Å². The Morgan fingerprint density at radius 3 is 1.28 bits per heavy atom. The molecule has 386 valence electrons. The summed E-state index contributed by atoms with van der Waals surface area (Å²) in [7, 11) is 0. The van der Waals surface area contributed by atoms with Crippen LogP contribution < -0.4 is 0 Å². The molecule has 3 heteroatoms. The van der Waals surface area contributed by atoms with E-state index in [0.29, 0.717) is 69.0 Å². The molecule has 0 radical (unpaired) electrons. The predicted molar refractivity (Wildman–Crippen MR) is 285 cm³/mol. The van der Waals surface area contributed by atoms with Gasteiger partial charge in [-0.1, -0.05) is 134 Å². The summed E-state index contributed by atoms with van der Waals surface area (Å²) in [5, 5.41) is 35.1. The third kappa shape index (κ3) is 8.25. The highest BCUT2D eigenvalue weighted by molar-refractivity contribution is 5.22. The number of rotatable bonds is 8. The lowest BCUT2D eigenvalue weighted by Gasteiger charge is -2.71. The summed E-state index contributed by atoms with van der Waals surface area (Å²) in [6.07, 6.45) is 25.1. The van der Waals surface area contributed by atoms with Gasteiger partial charge in [-0.25, -0.2) is 0 Å². The second kappa shape index (κ2) is 17.8. The molecule has 0 amide bonds. The Morgan fingerprint density at radius 1 is 0.478 bits per heavy atom. The number of fused-ring (bicyclic) bond motifs is 10. The number of allylic oxidation sites excluding steroid dienone is 4. The standard InChI is InChI=1S/C32H56O2.C32H56O/c1-20(2)12-11-15-28(4,5)22-13-16-32(10)27(22)23(33)18-26-30(8)19-24(34)21(3)29(6,7)25(30)14-17-31(26,32)9;1-21(2)12-11-16-28(4,5)23-14-18-32(10)27(23)24(33)20-26-30(8)17-13-22(3)29(6,7)25(30)15-19-31(26,32)9/h12,21-27,33-34H,11,13-19H2,1-10H3;12,22-27,33H,11,13-20H2,1-10H3/t21-,22?,23+,24+,25?,26?,27?,30-,31+,32+;22-,23?,24+,25?,26?,27?,30-,31+,32+/m00/s1. The van der Waals surface area contributed by atoms with Crippen molar-refractivity contribution in [3.05, 3.63) is 23.3 Å². The van der Waals surface area contributed by atoms with Gasteiger partial charge >= 0.3 is 0 Å². The van der Waals surface area contributed by atoms with Crippen LogP contribution in [-0.4, -0.2) is 33.6 Å². The lowest BCUT2D eigenvalue weighted by molar-refractivity contribution is -0.251. The summed E-state index contributed by atoms with van der Waals surface area (Å²) in [6.45, 7) is 49.2. The summed E-state index contributed by atoms with van der Waals surface area (Å²) in [6, 6.07) is 0. The molecular weight excluding hydrogens is 817 g/mol. The zero-order valence-electron chi connectivity index (χ0n) is 48.0. The van der Waals surface area contributed by atoms with Gasteiger partial charge in [-0.05, 0) is 250 Å². The van der Waals surface area contributed by atoms with Crippen LogP contribution in [0.3, 0.4) is 0 Å². The van der Waals surface area contributed by atoms with Crippen molar-refractivity contribution in [1.29, 1.82) is 0 Å². The highest BCUT2D eigenvalue weighted by Crippen LogP contribution is 2.78. The van der Waals surface area contributed by atoms with Gasteiger partial charge in [-0.3, -0.25) is 0 Å². The first-order chi connectivity index (χ1) is 30.6. The molecule has 3 N–H and O–H groups in total. The maximum atomic E-state index is 11.9. The van der Waals surface area contributed by atoms with Gasteiger partial charge < -0.3 is 15.3 Å². The highest BCUT2D eigenvalue weighted by atomic mass is 16.3. The summed E-state index contributed by atoms with van der Waals surface area (Å²) in [5.41, 5.74) is 5.50. The van der Waals surface area contributed by atoms with Gasteiger partial charge in [0.05, 0.1) is 18.3 Å². The van der Waals surface area contributed by atoms with Crippen molar-refractivity contribution in [1.82, 2.24) is 0 Å². The average Bonchev–Trinajstić information content (AvgIpc) is 3.79. The molecular formula is C64H112O3. The minimum atomic E-state index is -0.230. The quantitative estimate of drug-likeness (QED) is 0.213. The van der Waals surface area contributed by atoms with E-state index in [-0.39, 0.29) is 50.8 Å². The lowest BCUT2D eigenvalue weighted by Crippen LogP contribution is -2.67. The average molecular weight is 930 g/mol. The van der Waals surface area contributed by atoms with E-state index in [1.165, 1.54) is 94.6 Å². The van der Waals surface area contributed by atoms with E-state index in [4.69, 9.17) is 0 Å². The molecule has 0 aromatic heterocycles. The Hall–Kier alpha value is -0.640. The van der Waals surface area contributed by atoms with Crippen molar-refractivity contribution in [3.8, 4) is 0 Å². The van der Waals surface area contributed by atoms with E-state index < -0.39 is 0 Å². The first kappa shape index (κ1) is 54.1. The molecule has 0 heterocycles. The van der Waals surface area contributed by atoms with Gasteiger partial charge in [-0.2, -0.15) is 0 Å². The molecule has 0 aliphatic heterocycles. The lowest BCUT2D eigenvalue weighted by atomic mass is 9.34. The predicted octanol–water partition coefficient (Wildman–Crippen LogP) is 17.1. The monoisotopic (exact) mass is 929 g/mol. The minimum Gasteiger partial charge on any atom is -0.393 e. The summed E-state index contributed by atoms with van der Waals surface area (Å²) >= 11 is 0. The number of hydrogen-bond donors (Lipinski definition) is 3. The van der Waals surface area contributed by atoms with Crippen LogP contribution in [0.4, 0.5) is 0 Å². The van der Waals surface area contributed by atoms with Crippen LogP contribution in [0.25, 0.3) is 0 Å². The second-order valence-electron chi connectivity index (χ2n) is 31.2. The summed E-state index contributed by atoms with van der Waals surface area (Å²) in [5.74, 6) is 5.84. The van der Waals surface area contributed by atoms with E-state index in [0.717, 1.165) is 37.5 Å². The Labute approximate surface area is 416 Å². The third-order valence-electron chi connectivity index (χ3n) is 26.6. The molecule has 0 bridgehead atoms. The Balaban J connectivity index is 0.000000199. The van der Waals surface area contributed by atoms with Crippen LogP contribution in [0.2, 0.25) is 0 Å². The van der Waals surface area contributed by atoms with Crippen LogP contribution in [0.15, 0.2) is 23.3 Å². The second-order valence-corrected chi connectivity index (χ2v) is 31.2. The summed E-state index contributed by atoms with van der Waals surface area (Å²) in [4.78, 5) is 0. The zero-order valence-corrected chi connectivity index (χ0v) is 48.0. The van der Waals surface area contributed by atoms with E-state index >= 15 is 0 Å². The molecule has 19 atom stereocenters. The van der Waals surface area contributed by atoms with Gasteiger partial charge in [0.15, 0.2) is 0 Å². The maximum absolute atomic E-state index is 11.9. The number of hydrogen-bond acceptors (Lipinski definition) is 3. The first-order valence-electron chi connectivity index (χ1n) is 28.9. The minimum absolute atomic E-state index is 0.106. The molecule has 0 saturated heterocycles. The van der Waals surface area contributed by atoms with Gasteiger partial charge in [0.1, 0.15) is 0 Å². The first-order valence-corrected chi connectivity index (χ1v) is 28.9. The molecule has 8 aliphatic rings. The van der Waals surface area contributed by atoms with Crippen LogP contribution in [0.5, 0.6) is 0 Å². The SMILES string of the molecule is CC(C)=CCCC(C)(C)C1CC[C@]2(C)C1[C@H](O)CC1[C@@]3(C)CC[C@H](C)C(C)(C)C3CC[C@]12C.CC(C)=CCCC(C)(C)C1CC[C@]2(C)C1[C@H](O)CC1[C@@]3(C)C[C@@H](O)[C@H](C)C(C)(C)C3CC[C@]12C. The fraction of sp³-hybridized carbons (Fsp3) is 0.938. The van der Waals surface area contributed by atoms with E-state index in [1.807, 2.05) is 0 Å². The molecule has 67 heavy (non-hydrogen) atoms.